The molecule has 1 saturated heterocycles. The van der Waals surface area contributed by atoms with E-state index >= 15 is 0 Å². The van der Waals surface area contributed by atoms with Crippen LogP contribution in [0.3, 0.4) is 0 Å². The highest BCUT2D eigenvalue weighted by atomic mass is 16.5. The topological polar surface area (TPSA) is 96.6 Å². The van der Waals surface area contributed by atoms with Gasteiger partial charge in [0.25, 0.3) is 0 Å². The number of fused-ring (bicyclic) bond motifs is 1. The third-order valence-electron chi connectivity index (χ3n) is 4.43. The summed E-state index contributed by atoms with van der Waals surface area (Å²) in [7, 11) is 0. The minimum absolute atomic E-state index is 0.104. The van der Waals surface area contributed by atoms with Crippen molar-refractivity contribution in [2.45, 2.75) is 56.9 Å². The second-order valence-corrected chi connectivity index (χ2v) is 6.07. The molecule has 3 rings (SSSR count). The standard InChI is InChI=1S/C15H23N3O4/c19-13-9-22-8-11(15(13)21)17-14(20)5-6-18-12-4-2-1-3-10(12)7-16-18/h7,11,13,15,19,21H,1-6,8-9H2,(H,17,20)/t11-,13-,15+/m1/s1. The van der Waals surface area contributed by atoms with Crippen molar-refractivity contribution in [3.8, 4) is 0 Å². The Morgan fingerprint density at radius 2 is 2.18 bits per heavy atom. The lowest BCUT2D eigenvalue weighted by atomic mass is 9.98. The molecule has 3 N–H and O–H groups in total. The molecule has 3 atom stereocenters. The summed E-state index contributed by atoms with van der Waals surface area (Å²) in [6, 6.07) is -0.553. The van der Waals surface area contributed by atoms with Gasteiger partial charge in [0.2, 0.25) is 5.91 Å². The molecule has 1 aromatic heterocycles. The third kappa shape index (κ3) is 3.31. The highest BCUT2D eigenvalue weighted by molar-refractivity contribution is 5.76. The highest BCUT2D eigenvalue weighted by Gasteiger charge is 2.32. The van der Waals surface area contributed by atoms with Crippen molar-refractivity contribution in [1.29, 1.82) is 0 Å². The number of aliphatic hydroxyl groups is 2. The van der Waals surface area contributed by atoms with Crippen LogP contribution in [-0.4, -0.2) is 57.4 Å². The van der Waals surface area contributed by atoms with Crippen LogP contribution in [0.1, 0.15) is 30.5 Å². The van der Waals surface area contributed by atoms with Gasteiger partial charge < -0.3 is 20.3 Å². The van der Waals surface area contributed by atoms with Crippen LogP contribution in [0.25, 0.3) is 0 Å². The molecule has 1 amide bonds. The molecule has 1 aromatic rings. The zero-order valence-electron chi connectivity index (χ0n) is 12.6. The van der Waals surface area contributed by atoms with Crippen LogP contribution in [0.15, 0.2) is 6.20 Å². The van der Waals surface area contributed by atoms with E-state index in [1.54, 1.807) is 0 Å². The van der Waals surface area contributed by atoms with Crippen LogP contribution in [0, 0.1) is 0 Å². The molecule has 0 radical (unpaired) electrons. The van der Waals surface area contributed by atoms with Crippen LogP contribution in [0.4, 0.5) is 0 Å². The number of hydrogen-bond donors (Lipinski definition) is 3. The number of nitrogens with one attached hydrogen (secondary N) is 1. The summed E-state index contributed by atoms with van der Waals surface area (Å²) in [5, 5.41) is 26.5. The molecule has 1 aliphatic carbocycles. The Labute approximate surface area is 129 Å². The number of ether oxygens (including phenoxy) is 1. The van der Waals surface area contributed by atoms with Gasteiger partial charge in [-0.05, 0) is 31.2 Å². The molecule has 1 aliphatic heterocycles. The maximum absolute atomic E-state index is 12.0. The molecule has 22 heavy (non-hydrogen) atoms. The lowest BCUT2D eigenvalue weighted by molar-refractivity contribution is -0.131. The minimum atomic E-state index is -0.977. The van der Waals surface area contributed by atoms with Crippen LogP contribution in [0.5, 0.6) is 0 Å². The Hall–Kier alpha value is -1.44. The summed E-state index contributed by atoms with van der Waals surface area (Å²) in [5.74, 6) is -0.165. The van der Waals surface area contributed by atoms with Crippen LogP contribution >= 0.6 is 0 Å². The van der Waals surface area contributed by atoms with Gasteiger partial charge in [0.1, 0.15) is 12.2 Å². The quantitative estimate of drug-likeness (QED) is 0.689. The van der Waals surface area contributed by atoms with Crippen molar-refractivity contribution in [2.75, 3.05) is 13.2 Å². The first-order valence-electron chi connectivity index (χ1n) is 7.92. The van der Waals surface area contributed by atoms with Crippen LogP contribution < -0.4 is 5.32 Å². The van der Waals surface area contributed by atoms with E-state index in [1.165, 1.54) is 24.1 Å². The molecular formula is C15H23N3O4. The Balaban J connectivity index is 1.51. The number of hydrogen-bond acceptors (Lipinski definition) is 5. The van der Waals surface area contributed by atoms with E-state index in [9.17, 15) is 15.0 Å². The fourth-order valence-electron chi connectivity index (χ4n) is 3.14. The van der Waals surface area contributed by atoms with Gasteiger partial charge in [-0.1, -0.05) is 0 Å². The zero-order chi connectivity index (χ0) is 15.5. The first kappa shape index (κ1) is 15.5. The van der Waals surface area contributed by atoms with E-state index in [-0.39, 0.29) is 19.1 Å². The summed E-state index contributed by atoms with van der Waals surface area (Å²) in [6.07, 6.45) is 4.76. The number of carbonyl (C=O) groups is 1. The number of aromatic nitrogens is 2. The Morgan fingerprint density at radius 1 is 1.36 bits per heavy atom. The number of aliphatic hydroxyl groups excluding tert-OH is 2. The molecule has 122 valence electrons. The van der Waals surface area contributed by atoms with Crippen LogP contribution in [-0.2, 0) is 28.9 Å². The van der Waals surface area contributed by atoms with E-state index < -0.39 is 18.2 Å². The van der Waals surface area contributed by atoms with Gasteiger partial charge in [0.15, 0.2) is 0 Å². The molecule has 1 fully saturated rings. The summed E-state index contributed by atoms with van der Waals surface area (Å²) in [5.41, 5.74) is 2.54. The fourth-order valence-corrected chi connectivity index (χ4v) is 3.14. The highest BCUT2D eigenvalue weighted by Crippen LogP contribution is 2.20. The van der Waals surface area contributed by atoms with E-state index in [1.807, 2.05) is 10.9 Å². The summed E-state index contributed by atoms with van der Waals surface area (Å²) in [4.78, 5) is 12.0. The van der Waals surface area contributed by atoms with E-state index in [2.05, 4.69) is 10.4 Å². The van der Waals surface area contributed by atoms with Gasteiger partial charge in [-0.3, -0.25) is 9.48 Å². The number of rotatable bonds is 4. The number of amides is 1. The lowest BCUT2D eigenvalue weighted by Crippen LogP contribution is -2.55. The molecule has 0 bridgehead atoms. The predicted molar refractivity (Wildman–Crippen MR) is 78.2 cm³/mol. The van der Waals surface area contributed by atoms with Gasteiger partial charge in [-0.15, -0.1) is 0 Å². The largest absolute Gasteiger partial charge is 0.388 e. The molecule has 0 spiro atoms. The smallest absolute Gasteiger partial charge is 0.222 e. The number of carbonyl (C=O) groups excluding carboxylic acids is 1. The van der Waals surface area contributed by atoms with Gasteiger partial charge >= 0.3 is 0 Å². The Bertz CT molecular complexity index is 531. The maximum atomic E-state index is 12.0. The van der Waals surface area contributed by atoms with Crippen molar-refractivity contribution >= 4 is 5.91 Å². The predicted octanol–water partition coefficient (Wildman–Crippen LogP) is -0.611. The minimum Gasteiger partial charge on any atom is -0.388 e. The van der Waals surface area contributed by atoms with E-state index in [0.29, 0.717) is 13.0 Å². The fraction of sp³-hybridized carbons (Fsp3) is 0.733. The molecule has 0 unspecified atom stereocenters. The average Bonchev–Trinajstić information content (AvgIpc) is 2.93. The summed E-state index contributed by atoms with van der Waals surface area (Å²) < 4.78 is 7.06. The van der Waals surface area contributed by atoms with Gasteiger partial charge in [0, 0.05) is 18.7 Å². The number of aryl methyl sites for hydroxylation is 2. The second kappa shape index (κ2) is 6.76. The van der Waals surface area contributed by atoms with Crippen molar-refractivity contribution in [2.24, 2.45) is 0 Å². The van der Waals surface area contributed by atoms with E-state index in [4.69, 9.17) is 4.74 Å². The molecule has 2 heterocycles. The molecule has 0 aromatic carbocycles. The molecule has 7 nitrogen and oxygen atoms in total. The van der Waals surface area contributed by atoms with Gasteiger partial charge in [-0.2, -0.15) is 5.10 Å². The van der Waals surface area contributed by atoms with Crippen molar-refractivity contribution in [1.82, 2.24) is 15.1 Å². The van der Waals surface area contributed by atoms with Crippen molar-refractivity contribution in [3.05, 3.63) is 17.5 Å². The molecule has 2 aliphatic rings. The van der Waals surface area contributed by atoms with Gasteiger partial charge in [-0.25, -0.2) is 0 Å². The Morgan fingerprint density at radius 3 is 3.05 bits per heavy atom. The zero-order valence-corrected chi connectivity index (χ0v) is 12.6. The SMILES string of the molecule is O=C(CCn1ncc2c1CCCC2)N[C@@H]1COC[C@@H](O)[C@H]1O. The van der Waals surface area contributed by atoms with Crippen molar-refractivity contribution < 1.29 is 19.7 Å². The first-order chi connectivity index (χ1) is 10.6. The average molecular weight is 309 g/mol. The Kier molecular flexibility index (Phi) is 4.75. The lowest BCUT2D eigenvalue weighted by Gasteiger charge is -2.32. The molecule has 0 saturated carbocycles. The molecular weight excluding hydrogens is 286 g/mol. The summed E-state index contributed by atoms with van der Waals surface area (Å²) >= 11 is 0. The van der Waals surface area contributed by atoms with Crippen LogP contribution in [0.2, 0.25) is 0 Å². The monoisotopic (exact) mass is 309 g/mol. The molecule has 7 heteroatoms. The van der Waals surface area contributed by atoms with Crippen molar-refractivity contribution in [3.63, 3.8) is 0 Å². The van der Waals surface area contributed by atoms with E-state index in [0.717, 1.165) is 12.8 Å². The normalized spacial score (nSPS) is 28.2. The summed E-state index contributed by atoms with van der Waals surface area (Å²) in [6.45, 7) is 0.863. The maximum Gasteiger partial charge on any atom is 0.222 e. The third-order valence-corrected chi connectivity index (χ3v) is 4.43. The first-order valence-corrected chi connectivity index (χ1v) is 7.92. The van der Waals surface area contributed by atoms with Gasteiger partial charge in [0.05, 0.1) is 25.5 Å². The number of nitrogens with zero attached hydrogens (tertiary/aromatic N) is 2. The second-order valence-electron chi connectivity index (χ2n) is 6.07.